The van der Waals surface area contributed by atoms with E-state index in [1.54, 1.807) is 23.2 Å². The molecule has 0 saturated carbocycles. The molecular formula is C11H13ClN2O2. The van der Waals surface area contributed by atoms with E-state index >= 15 is 0 Å². The predicted molar refractivity (Wildman–Crippen MR) is 60.3 cm³/mol. The van der Waals surface area contributed by atoms with Gasteiger partial charge in [0.15, 0.2) is 0 Å². The summed E-state index contributed by atoms with van der Waals surface area (Å²) in [5, 5.41) is 9.25. The molecule has 1 fully saturated rings. The highest BCUT2D eigenvalue weighted by Crippen LogP contribution is 2.20. The number of aliphatic hydroxyl groups excluding tert-OH is 1. The predicted octanol–water partition coefficient (Wildman–Crippen LogP) is 1.19. The van der Waals surface area contributed by atoms with E-state index in [-0.39, 0.29) is 23.6 Å². The molecule has 86 valence electrons. The van der Waals surface area contributed by atoms with E-state index in [1.807, 2.05) is 0 Å². The highest BCUT2D eigenvalue weighted by Gasteiger charge is 2.27. The Labute approximate surface area is 98.9 Å². The number of amides is 1. The van der Waals surface area contributed by atoms with Crippen LogP contribution < -0.4 is 0 Å². The molecule has 1 saturated heterocycles. The zero-order valence-corrected chi connectivity index (χ0v) is 9.52. The maximum atomic E-state index is 12.0. The van der Waals surface area contributed by atoms with Gasteiger partial charge in [-0.2, -0.15) is 0 Å². The third-order valence-electron chi connectivity index (χ3n) is 2.82. The molecule has 1 aliphatic heterocycles. The molecule has 2 heterocycles. The lowest BCUT2D eigenvalue weighted by Gasteiger charge is -2.16. The first-order chi connectivity index (χ1) is 7.72. The van der Waals surface area contributed by atoms with Crippen molar-refractivity contribution < 1.29 is 9.90 Å². The van der Waals surface area contributed by atoms with Gasteiger partial charge in [-0.15, -0.1) is 0 Å². The summed E-state index contributed by atoms with van der Waals surface area (Å²) in [7, 11) is 0. The SMILES string of the molecule is O=C(c1cccnc1Cl)N1CCC(CO)C1. The van der Waals surface area contributed by atoms with Gasteiger partial charge in [-0.05, 0) is 18.6 Å². The zero-order valence-electron chi connectivity index (χ0n) is 8.77. The van der Waals surface area contributed by atoms with Crippen LogP contribution in [0.1, 0.15) is 16.8 Å². The summed E-state index contributed by atoms with van der Waals surface area (Å²) in [6.07, 6.45) is 2.40. The zero-order chi connectivity index (χ0) is 11.5. The third-order valence-corrected chi connectivity index (χ3v) is 3.12. The normalized spacial score (nSPS) is 20.1. The summed E-state index contributed by atoms with van der Waals surface area (Å²) >= 11 is 5.86. The average molecular weight is 241 g/mol. The molecule has 16 heavy (non-hydrogen) atoms. The molecule has 1 aromatic heterocycles. The summed E-state index contributed by atoms with van der Waals surface area (Å²) in [5.74, 6) is 0.0912. The summed E-state index contributed by atoms with van der Waals surface area (Å²) in [6, 6.07) is 3.36. The minimum absolute atomic E-state index is 0.103. The second-order valence-corrected chi connectivity index (χ2v) is 4.29. The summed E-state index contributed by atoms with van der Waals surface area (Å²) in [5.41, 5.74) is 0.433. The van der Waals surface area contributed by atoms with E-state index in [0.717, 1.165) is 6.42 Å². The van der Waals surface area contributed by atoms with Crippen molar-refractivity contribution in [3.8, 4) is 0 Å². The lowest BCUT2D eigenvalue weighted by Crippen LogP contribution is -2.29. The lowest BCUT2D eigenvalue weighted by molar-refractivity contribution is 0.0781. The Balaban J connectivity index is 2.12. The number of rotatable bonds is 2. The number of hydrogen-bond acceptors (Lipinski definition) is 3. The first-order valence-corrected chi connectivity index (χ1v) is 5.61. The van der Waals surface area contributed by atoms with Crippen LogP contribution in [-0.2, 0) is 0 Å². The van der Waals surface area contributed by atoms with E-state index in [9.17, 15) is 4.79 Å². The lowest BCUT2D eigenvalue weighted by atomic mass is 10.1. The van der Waals surface area contributed by atoms with Crippen molar-refractivity contribution in [2.45, 2.75) is 6.42 Å². The standard InChI is InChI=1S/C11H13ClN2O2/c12-10-9(2-1-4-13-10)11(16)14-5-3-8(6-14)7-15/h1-2,4,8,15H,3,5-7H2. The van der Waals surface area contributed by atoms with Gasteiger partial charge in [0, 0.05) is 31.8 Å². The van der Waals surface area contributed by atoms with E-state index in [0.29, 0.717) is 18.7 Å². The van der Waals surface area contributed by atoms with Crippen LogP contribution in [-0.4, -0.2) is 40.6 Å². The van der Waals surface area contributed by atoms with Gasteiger partial charge in [-0.25, -0.2) is 4.98 Å². The first-order valence-electron chi connectivity index (χ1n) is 5.23. The molecule has 0 bridgehead atoms. The molecule has 1 atom stereocenters. The van der Waals surface area contributed by atoms with Crippen LogP contribution in [0.2, 0.25) is 5.15 Å². The molecule has 1 N–H and O–H groups in total. The molecule has 2 rings (SSSR count). The second-order valence-electron chi connectivity index (χ2n) is 3.93. The van der Waals surface area contributed by atoms with Crippen molar-refractivity contribution in [2.75, 3.05) is 19.7 Å². The fraction of sp³-hybridized carbons (Fsp3) is 0.455. The van der Waals surface area contributed by atoms with Gasteiger partial charge in [0.05, 0.1) is 5.56 Å². The van der Waals surface area contributed by atoms with Crippen LogP contribution in [0.4, 0.5) is 0 Å². The van der Waals surface area contributed by atoms with Crippen LogP contribution in [0.5, 0.6) is 0 Å². The van der Waals surface area contributed by atoms with Crippen molar-refractivity contribution in [3.63, 3.8) is 0 Å². The van der Waals surface area contributed by atoms with Gasteiger partial charge in [-0.1, -0.05) is 11.6 Å². The van der Waals surface area contributed by atoms with Gasteiger partial charge in [0.1, 0.15) is 5.15 Å². The molecule has 1 aliphatic rings. The fourth-order valence-corrected chi connectivity index (χ4v) is 2.08. The summed E-state index contributed by atoms with van der Waals surface area (Å²) < 4.78 is 0. The summed E-state index contributed by atoms with van der Waals surface area (Å²) in [4.78, 5) is 17.6. The van der Waals surface area contributed by atoms with Crippen LogP contribution in [0.25, 0.3) is 0 Å². The largest absolute Gasteiger partial charge is 0.396 e. The first kappa shape index (κ1) is 11.4. The fourth-order valence-electron chi connectivity index (χ4n) is 1.88. The Bertz CT molecular complexity index is 397. The Morgan fingerprint density at radius 2 is 2.50 bits per heavy atom. The van der Waals surface area contributed by atoms with Crippen molar-refractivity contribution >= 4 is 17.5 Å². The highest BCUT2D eigenvalue weighted by atomic mass is 35.5. The van der Waals surface area contributed by atoms with Crippen LogP contribution in [0.3, 0.4) is 0 Å². The van der Waals surface area contributed by atoms with E-state index in [1.165, 1.54) is 0 Å². The maximum absolute atomic E-state index is 12.0. The number of hydrogen-bond donors (Lipinski definition) is 1. The molecule has 5 heteroatoms. The minimum Gasteiger partial charge on any atom is -0.396 e. The van der Waals surface area contributed by atoms with Gasteiger partial charge < -0.3 is 10.0 Å². The number of carbonyl (C=O) groups excluding carboxylic acids is 1. The molecule has 0 radical (unpaired) electrons. The number of aliphatic hydroxyl groups is 1. The molecule has 1 aromatic rings. The van der Waals surface area contributed by atoms with Gasteiger partial charge in [-0.3, -0.25) is 4.79 Å². The Morgan fingerprint density at radius 3 is 3.12 bits per heavy atom. The highest BCUT2D eigenvalue weighted by molar-refractivity contribution is 6.32. The van der Waals surface area contributed by atoms with Crippen molar-refractivity contribution in [1.82, 2.24) is 9.88 Å². The van der Waals surface area contributed by atoms with Crippen molar-refractivity contribution in [1.29, 1.82) is 0 Å². The molecule has 0 spiro atoms. The topological polar surface area (TPSA) is 53.4 Å². The van der Waals surface area contributed by atoms with Gasteiger partial charge in [0.25, 0.3) is 5.91 Å². The molecule has 1 unspecified atom stereocenters. The molecular weight excluding hydrogens is 228 g/mol. The van der Waals surface area contributed by atoms with Crippen LogP contribution >= 0.6 is 11.6 Å². The van der Waals surface area contributed by atoms with E-state index in [2.05, 4.69) is 4.98 Å². The Hall–Kier alpha value is -1.13. The second kappa shape index (κ2) is 4.80. The quantitative estimate of drug-likeness (QED) is 0.790. The van der Waals surface area contributed by atoms with Crippen LogP contribution in [0.15, 0.2) is 18.3 Å². The molecule has 1 amide bonds. The monoisotopic (exact) mass is 240 g/mol. The van der Waals surface area contributed by atoms with Crippen LogP contribution in [0, 0.1) is 5.92 Å². The number of likely N-dealkylation sites (tertiary alicyclic amines) is 1. The number of nitrogens with zero attached hydrogens (tertiary/aromatic N) is 2. The smallest absolute Gasteiger partial charge is 0.256 e. The Kier molecular flexibility index (Phi) is 3.41. The minimum atomic E-state index is -0.103. The third kappa shape index (κ3) is 2.18. The van der Waals surface area contributed by atoms with Gasteiger partial charge >= 0.3 is 0 Å². The molecule has 4 nitrogen and oxygen atoms in total. The van der Waals surface area contributed by atoms with E-state index in [4.69, 9.17) is 16.7 Å². The van der Waals surface area contributed by atoms with Gasteiger partial charge in [0.2, 0.25) is 0 Å². The number of pyridine rings is 1. The van der Waals surface area contributed by atoms with Crippen molar-refractivity contribution in [3.05, 3.63) is 29.0 Å². The molecule has 0 aliphatic carbocycles. The van der Waals surface area contributed by atoms with Crippen molar-refractivity contribution in [2.24, 2.45) is 5.92 Å². The Morgan fingerprint density at radius 1 is 1.69 bits per heavy atom. The average Bonchev–Trinajstić information content (AvgIpc) is 2.77. The maximum Gasteiger partial charge on any atom is 0.256 e. The molecule has 0 aromatic carbocycles. The number of halogens is 1. The number of carbonyl (C=O) groups is 1. The number of aromatic nitrogens is 1. The summed E-state index contributed by atoms with van der Waals surface area (Å²) in [6.45, 7) is 1.40. The van der Waals surface area contributed by atoms with E-state index < -0.39 is 0 Å².